The second-order valence-corrected chi connectivity index (χ2v) is 10.3. The Labute approximate surface area is 153 Å². The molecule has 2 aliphatic rings. The maximum Gasteiger partial charge on any atom is 0.296 e. The first-order chi connectivity index (χ1) is 11.7. The topological polar surface area (TPSA) is 43.4 Å². The second kappa shape index (κ2) is 7.03. The summed E-state index contributed by atoms with van der Waals surface area (Å²) >= 11 is 0. The van der Waals surface area contributed by atoms with Crippen molar-refractivity contribution in [3.8, 4) is 0 Å². The van der Waals surface area contributed by atoms with E-state index in [1.807, 2.05) is 19.1 Å². The average Bonchev–Trinajstić information content (AvgIpc) is 2.92. The highest BCUT2D eigenvalue weighted by Gasteiger charge is 2.51. The van der Waals surface area contributed by atoms with E-state index in [0.29, 0.717) is 11.3 Å². The predicted molar refractivity (Wildman–Crippen MR) is 101 cm³/mol. The largest absolute Gasteiger partial charge is 0.296 e. The lowest BCUT2D eigenvalue weighted by Gasteiger charge is -2.45. The molecule has 2 saturated carbocycles. The van der Waals surface area contributed by atoms with Crippen LogP contribution in [-0.4, -0.2) is 15.0 Å². The molecule has 140 valence electrons. The van der Waals surface area contributed by atoms with Crippen LogP contribution in [0.4, 0.5) is 0 Å². The Bertz CT molecular complexity index is 694. The molecular formula is C21H32O3S. The zero-order chi connectivity index (χ0) is 18.2. The molecule has 0 N–H and O–H groups in total. The number of fused-ring (bicyclic) bond motifs is 1. The van der Waals surface area contributed by atoms with Gasteiger partial charge in [0, 0.05) is 0 Å². The van der Waals surface area contributed by atoms with Crippen molar-refractivity contribution in [1.29, 1.82) is 0 Å². The molecule has 0 amide bonds. The molecule has 4 heteroatoms. The monoisotopic (exact) mass is 364 g/mol. The Balaban J connectivity index is 1.66. The van der Waals surface area contributed by atoms with Gasteiger partial charge in [-0.05, 0) is 67.4 Å². The van der Waals surface area contributed by atoms with Crippen molar-refractivity contribution in [3.05, 3.63) is 29.8 Å². The fourth-order valence-corrected chi connectivity index (χ4v) is 6.62. The van der Waals surface area contributed by atoms with Crippen LogP contribution in [0.15, 0.2) is 29.2 Å². The van der Waals surface area contributed by atoms with Gasteiger partial charge in [-0.15, -0.1) is 0 Å². The summed E-state index contributed by atoms with van der Waals surface area (Å²) < 4.78 is 30.4. The Morgan fingerprint density at radius 1 is 1.20 bits per heavy atom. The van der Waals surface area contributed by atoms with Gasteiger partial charge in [0.1, 0.15) is 0 Å². The van der Waals surface area contributed by atoms with E-state index < -0.39 is 10.1 Å². The van der Waals surface area contributed by atoms with E-state index in [0.717, 1.165) is 17.4 Å². The van der Waals surface area contributed by atoms with Gasteiger partial charge in [0.2, 0.25) is 0 Å². The summed E-state index contributed by atoms with van der Waals surface area (Å²) in [6, 6.07) is 6.88. The van der Waals surface area contributed by atoms with Crippen LogP contribution in [0.1, 0.15) is 58.4 Å². The van der Waals surface area contributed by atoms with E-state index in [9.17, 15) is 8.42 Å². The summed E-state index contributed by atoms with van der Waals surface area (Å²) in [5.41, 5.74) is 1.40. The maximum absolute atomic E-state index is 12.5. The smallest absolute Gasteiger partial charge is 0.266 e. The molecular weight excluding hydrogens is 332 g/mol. The average molecular weight is 365 g/mol. The number of aryl methyl sites for hydroxylation is 1. The van der Waals surface area contributed by atoms with Crippen LogP contribution in [0.2, 0.25) is 0 Å². The van der Waals surface area contributed by atoms with E-state index >= 15 is 0 Å². The molecule has 1 aromatic rings. The summed E-state index contributed by atoms with van der Waals surface area (Å²) in [7, 11) is -3.66. The highest BCUT2D eigenvalue weighted by atomic mass is 32.2. The van der Waals surface area contributed by atoms with Crippen molar-refractivity contribution in [2.45, 2.75) is 64.7 Å². The summed E-state index contributed by atoms with van der Waals surface area (Å²) in [5.74, 6) is 2.42. The zero-order valence-electron chi connectivity index (χ0n) is 16.0. The number of hydrogen-bond acceptors (Lipinski definition) is 3. The van der Waals surface area contributed by atoms with Crippen molar-refractivity contribution < 1.29 is 12.6 Å². The summed E-state index contributed by atoms with van der Waals surface area (Å²) in [6.45, 7) is 9.24. The van der Waals surface area contributed by atoms with Gasteiger partial charge in [-0.25, -0.2) is 0 Å². The van der Waals surface area contributed by atoms with Gasteiger partial charge >= 0.3 is 0 Å². The summed E-state index contributed by atoms with van der Waals surface area (Å²) in [4.78, 5) is 0.257. The molecule has 0 aliphatic heterocycles. The summed E-state index contributed by atoms with van der Waals surface area (Å²) in [6.07, 6.45) is 6.43. The van der Waals surface area contributed by atoms with Crippen molar-refractivity contribution >= 4 is 10.1 Å². The van der Waals surface area contributed by atoms with Crippen molar-refractivity contribution in [2.24, 2.45) is 29.1 Å². The van der Waals surface area contributed by atoms with E-state index in [1.54, 1.807) is 12.1 Å². The molecule has 0 radical (unpaired) electrons. The second-order valence-electron chi connectivity index (χ2n) is 8.69. The fourth-order valence-electron chi connectivity index (χ4n) is 5.63. The Hall–Kier alpha value is -0.870. The zero-order valence-corrected chi connectivity index (χ0v) is 16.8. The van der Waals surface area contributed by atoms with Crippen LogP contribution >= 0.6 is 0 Å². The van der Waals surface area contributed by atoms with Crippen molar-refractivity contribution in [1.82, 2.24) is 0 Å². The van der Waals surface area contributed by atoms with Gasteiger partial charge in [-0.2, -0.15) is 8.42 Å². The Morgan fingerprint density at radius 3 is 2.56 bits per heavy atom. The quantitative estimate of drug-likeness (QED) is 0.675. The first kappa shape index (κ1) is 18.9. The van der Waals surface area contributed by atoms with E-state index in [1.165, 1.54) is 32.1 Å². The van der Waals surface area contributed by atoms with Crippen LogP contribution < -0.4 is 0 Å². The predicted octanol–water partition coefficient (Wildman–Crippen LogP) is 5.19. The molecule has 5 atom stereocenters. The molecule has 1 aromatic carbocycles. The van der Waals surface area contributed by atoms with E-state index in [2.05, 4.69) is 20.8 Å². The lowest BCUT2D eigenvalue weighted by molar-refractivity contribution is 0.0265. The highest BCUT2D eigenvalue weighted by molar-refractivity contribution is 7.86. The number of benzene rings is 1. The lowest BCUT2D eigenvalue weighted by atomic mass is 9.60. The number of rotatable bonds is 5. The molecule has 0 heterocycles. The van der Waals surface area contributed by atoms with Gasteiger partial charge in [0.05, 0.1) is 11.5 Å². The molecule has 3 nitrogen and oxygen atoms in total. The van der Waals surface area contributed by atoms with Crippen molar-refractivity contribution in [2.75, 3.05) is 6.61 Å². The molecule has 0 saturated heterocycles. The van der Waals surface area contributed by atoms with Crippen LogP contribution in [0.25, 0.3) is 0 Å². The molecule has 0 bridgehead atoms. The van der Waals surface area contributed by atoms with Gasteiger partial charge in [0.25, 0.3) is 10.1 Å². The normalized spacial score (nSPS) is 33.8. The molecule has 2 aliphatic carbocycles. The van der Waals surface area contributed by atoms with Crippen LogP contribution in [-0.2, 0) is 14.3 Å². The molecule has 3 rings (SSSR count). The minimum Gasteiger partial charge on any atom is -0.266 e. The van der Waals surface area contributed by atoms with Crippen LogP contribution in [0.3, 0.4) is 0 Å². The van der Waals surface area contributed by atoms with Crippen LogP contribution in [0.5, 0.6) is 0 Å². The third-order valence-corrected chi connectivity index (χ3v) is 8.32. The van der Waals surface area contributed by atoms with Gasteiger partial charge in [-0.1, -0.05) is 51.3 Å². The Morgan fingerprint density at radius 2 is 1.88 bits per heavy atom. The third-order valence-electron chi connectivity index (χ3n) is 7.03. The summed E-state index contributed by atoms with van der Waals surface area (Å²) in [5, 5.41) is 0. The Kier molecular flexibility index (Phi) is 5.32. The van der Waals surface area contributed by atoms with Crippen molar-refractivity contribution in [3.63, 3.8) is 0 Å². The first-order valence-corrected chi connectivity index (χ1v) is 11.1. The van der Waals surface area contributed by atoms with Gasteiger partial charge in [0.15, 0.2) is 0 Å². The first-order valence-electron chi connectivity index (χ1n) is 9.70. The van der Waals surface area contributed by atoms with E-state index in [4.69, 9.17) is 4.18 Å². The number of hydrogen-bond donors (Lipinski definition) is 0. The highest BCUT2D eigenvalue weighted by Crippen LogP contribution is 2.59. The molecule has 2 fully saturated rings. The maximum atomic E-state index is 12.5. The SMILES string of the molecule is Cc1ccc(S(=O)(=O)OC[C@@H](C)C2CC[C@H]3[C@@H](C)CCC[C@]23C)cc1. The van der Waals surface area contributed by atoms with Gasteiger partial charge < -0.3 is 0 Å². The molecule has 1 unspecified atom stereocenters. The molecule has 25 heavy (non-hydrogen) atoms. The standard InChI is InChI=1S/C21H32O3S/c1-15-7-9-18(10-8-15)25(22,23)24-14-17(3)20-12-11-19-16(2)6-5-13-21(19,20)4/h7-10,16-17,19-20H,5-6,11-14H2,1-4H3/t16-,17+,19-,20?,21-/m0/s1. The fraction of sp³-hybridized carbons (Fsp3) is 0.714. The molecule has 0 aromatic heterocycles. The van der Waals surface area contributed by atoms with Crippen LogP contribution in [0, 0.1) is 36.0 Å². The third kappa shape index (κ3) is 3.66. The van der Waals surface area contributed by atoms with Gasteiger partial charge in [-0.3, -0.25) is 4.18 Å². The minimum atomic E-state index is -3.66. The molecule has 0 spiro atoms. The minimum absolute atomic E-state index is 0.257. The van der Waals surface area contributed by atoms with E-state index in [-0.39, 0.29) is 17.4 Å². The lowest BCUT2D eigenvalue weighted by Crippen LogP contribution is -2.39.